The number of fused-ring (bicyclic) bond motifs is 2. The van der Waals surface area contributed by atoms with E-state index in [1.165, 1.54) is 16.8 Å². The summed E-state index contributed by atoms with van der Waals surface area (Å²) in [5.41, 5.74) is 3.30. The minimum Gasteiger partial charge on any atom is -0.467 e. The van der Waals surface area contributed by atoms with Gasteiger partial charge in [-0.3, -0.25) is 4.79 Å². The molecule has 0 saturated carbocycles. The standard InChI is InChI=1S/C24H20N6O3S/c1-14-10-15(2)29-23(25-14)26-24(28-29)34-13-22(31)30-18(20-8-5-9-32-20)12-17(27-30)21-11-16-6-3-4-7-19(16)33-21/h3-11,18H,12-13H2,1-2H3. The maximum Gasteiger partial charge on any atom is 0.253 e. The van der Waals surface area contributed by atoms with Crippen LogP contribution in [0, 0.1) is 13.8 Å². The van der Waals surface area contributed by atoms with Crippen molar-refractivity contribution in [2.45, 2.75) is 31.5 Å². The quantitative estimate of drug-likeness (QED) is 0.346. The van der Waals surface area contributed by atoms with Gasteiger partial charge in [0.1, 0.15) is 23.1 Å². The number of para-hydroxylation sites is 1. The van der Waals surface area contributed by atoms with Gasteiger partial charge in [-0.2, -0.15) is 10.1 Å². The number of hydrazone groups is 1. The molecule has 0 spiro atoms. The molecule has 170 valence electrons. The van der Waals surface area contributed by atoms with Gasteiger partial charge >= 0.3 is 0 Å². The van der Waals surface area contributed by atoms with E-state index in [1.807, 2.05) is 62.4 Å². The second kappa shape index (κ2) is 8.14. The van der Waals surface area contributed by atoms with E-state index in [1.54, 1.807) is 10.8 Å². The van der Waals surface area contributed by atoms with Crippen molar-refractivity contribution >= 4 is 40.1 Å². The topological polar surface area (TPSA) is 102 Å². The molecule has 1 aliphatic heterocycles. The number of nitrogens with zero attached hydrogens (tertiary/aromatic N) is 6. The highest BCUT2D eigenvalue weighted by Gasteiger charge is 2.36. The number of thioether (sulfide) groups is 1. The van der Waals surface area contributed by atoms with Crippen molar-refractivity contribution in [2.24, 2.45) is 5.10 Å². The van der Waals surface area contributed by atoms with Gasteiger partial charge in [-0.15, -0.1) is 5.10 Å². The van der Waals surface area contributed by atoms with Crippen LogP contribution in [-0.4, -0.2) is 42.0 Å². The van der Waals surface area contributed by atoms with E-state index in [0.717, 1.165) is 22.4 Å². The van der Waals surface area contributed by atoms with Gasteiger partial charge in [0, 0.05) is 23.2 Å². The van der Waals surface area contributed by atoms with Crippen molar-refractivity contribution in [1.82, 2.24) is 24.6 Å². The van der Waals surface area contributed by atoms with Crippen molar-refractivity contribution in [3.63, 3.8) is 0 Å². The number of aryl methyl sites for hydroxylation is 2. The molecule has 0 aliphatic carbocycles. The molecule has 1 atom stereocenters. The summed E-state index contributed by atoms with van der Waals surface area (Å²) in [7, 11) is 0. The van der Waals surface area contributed by atoms with E-state index >= 15 is 0 Å². The van der Waals surface area contributed by atoms with Gasteiger partial charge in [-0.1, -0.05) is 30.0 Å². The fraction of sp³-hybridized carbons (Fsp3) is 0.208. The maximum absolute atomic E-state index is 13.3. The third kappa shape index (κ3) is 3.65. The van der Waals surface area contributed by atoms with Crippen LogP contribution >= 0.6 is 11.8 Å². The summed E-state index contributed by atoms with van der Waals surface area (Å²) >= 11 is 1.26. The molecule has 0 fully saturated rings. The first kappa shape index (κ1) is 20.7. The molecule has 6 rings (SSSR count). The third-order valence-electron chi connectivity index (χ3n) is 5.67. The molecule has 34 heavy (non-hydrogen) atoms. The molecular weight excluding hydrogens is 452 g/mol. The van der Waals surface area contributed by atoms with E-state index < -0.39 is 0 Å². The Balaban J connectivity index is 1.26. The molecule has 1 aromatic carbocycles. The van der Waals surface area contributed by atoms with Gasteiger partial charge in [-0.25, -0.2) is 14.5 Å². The first-order chi connectivity index (χ1) is 16.5. The highest BCUT2D eigenvalue weighted by Crippen LogP contribution is 2.35. The van der Waals surface area contributed by atoms with Crippen LogP contribution in [0.25, 0.3) is 16.7 Å². The predicted octanol–water partition coefficient (Wildman–Crippen LogP) is 4.55. The van der Waals surface area contributed by atoms with Gasteiger partial charge in [0.05, 0.1) is 12.0 Å². The highest BCUT2D eigenvalue weighted by atomic mass is 32.2. The summed E-state index contributed by atoms with van der Waals surface area (Å²) in [6, 6.07) is 15.0. The zero-order valence-corrected chi connectivity index (χ0v) is 19.3. The van der Waals surface area contributed by atoms with Crippen LogP contribution in [-0.2, 0) is 4.79 Å². The molecular formula is C24H20N6O3S. The largest absolute Gasteiger partial charge is 0.467 e. The second-order valence-electron chi connectivity index (χ2n) is 8.10. The Morgan fingerprint density at radius 3 is 2.85 bits per heavy atom. The number of carbonyl (C=O) groups excluding carboxylic acids is 1. The number of hydrogen-bond donors (Lipinski definition) is 0. The SMILES string of the molecule is Cc1cc(C)n2nc(SCC(=O)N3N=C(c4cc5ccccc5o4)CC3c3ccco3)nc2n1. The van der Waals surface area contributed by atoms with Crippen LogP contribution in [0.5, 0.6) is 0 Å². The monoisotopic (exact) mass is 472 g/mol. The minimum absolute atomic E-state index is 0.128. The Labute approximate surface area is 198 Å². The van der Waals surface area contributed by atoms with Crippen molar-refractivity contribution in [2.75, 3.05) is 5.75 Å². The molecule has 1 unspecified atom stereocenters. The molecule has 0 saturated heterocycles. The molecule has 0 N–H and O–H groups in total. The maximum atomic E-state index is 13.3. The van der Waals surface area contributed by atoms with Crippen molar-refractivity contribution in [3.05, 3.63) is 77.7 Å². The highest BCUT2D eigenvalue weighted by molar-refractivity contribution is 7.99. The Kier molecular flexibility index (Phi) is 4.95. The van der Waals surface area contributed by atoms with Gasteiger partial charge in [-0.05, 0) is 44.2 Å². The van der Waals surface area contributed by atoms with E-state index in [0.29, 0.717) is 34.6 Å². The lowest BCUT2D eigenvalue weighted by atomic mass is 10.1. The third-order valence-corrected chi connectivity index (χ3v) is 6.49. The molecule has 9 nitrogen and oxygen atoms in total. The van der Waals surface area contributed by atoms with E-state index in [2.05, 4.69) is 20.2 Å². The van der Waals surface area contributed by atoms with Gasteiger partial charge in [0.2, 0.25) is 5.16 Å². The number of benzene rings is 1. The summed E-state index contributed by atoms with van der Waals surface area (Å²) in [6.07, 6.45) is 2.10. The van der Waals surface area contributed by atoms with Crippen molar-refractivity contribution in [3.8, 4) is 0 Å². The molecule has 10 heteroatoms. The van der Waals surface area contributed by atoms with Gasteiger partial charge in [0.25, 0.3) is 11.7 Å². The summed E-state index contributed by atoms with van der Waals surface area (Å²) in [6.45, 7) is 3.86. The first-order valence-corrected chi connectivity index (χ1v) is 11.8. The first-order valence-electron chi connectivity index (χ1n) is 10.8. The average Bonchev–Trinajstić information content (AvgIpc) is 3.61. The number of rotatable bonds is 5. The van der Waals surface area contributed by atoms with Crippen LogP contribution in [0.15, 0.2) is 73.9 Å². The minimum atomic E-state index is -0.341. The number of aromatic nitrogens is 4. The lowest BCUT2D eigenvalue weighted by molar-refractivity contribution is -0.130. The van der Waals surface area contributed by atoms with Crippen LogP contribution in [0.3, 0.4) is 0 Å². The van der Waals surface area contributed by atoms with Crippen LogP contribution < -0.4 is 0 Å². The Bertz CT molecular complexity index is 1520. The van der Waals surface area contributed by atoms with Crippen LogP contribution in [0.2, 0.25) is 0 Å². The Morgan fingerprint density at radius 1 is 1.15 bits per heavy atom. The Hall–Kier alpha value is -3.92. The van der Waals surface area contributed by atoms with E-state index in [4.69, 9.17) is 8.83 Å². The van der Waals surface area contributed by atoms with E-state index in [-0.39, 0.29) is 17.7 Å². The zero-order chi connectivity index (χ0) is 23.2. The second-order valence-corrected chi connectivity index (χ2v) is 9.05. The summed E-state index contributed by atoms with van der Waals surface area (Å²) < 4.78 is 13.3. The molecule has 1 amide bonds. The lowest BCUT2D eigenvalue weighted by Gasteiger charge is -2.19. The molecule has 0 radical (unpaired) electrons. The summed E-state index contributed by atoms with van der Waals surface area (Å²) in [5, 5.41) is 12.1. The molecule has 0 bridgehead atoms. The fourth-order valence-corrected chi connectivity index (χ4v) is 4.79. The molecule has 5 heterocycles. The van der Waals surface area contributed by atoms with Gasteiger partial charge in [0.15, 0.2) is 5.76 Å². The number of carbonyl (C=O) groups is 1. The summed E-state index contributed by atoms with van der Waals surface area (Å²) in [4.78, 5) is 22.1. The average molecular weight is 473 g/mol. The lowest BCUT2D eigenvalue weighted by Crippen LogP contribution is -2.28. The smallest absolute Gasteiger partial charge is 0.253 e. The Morgan fingerprint density at radius 2 is 2.03 bits per heavy atom. The van der Waals surface area contributed by atoms with Crippen molar-refractivity contribution < 1.29 is 13.6 Å². The molecule has 1 aliphatic rings. The van der Waals surface area contributed by atoms with Crippen molar-refractivity contribution in [1.29, 1.82) is 0 Å². The number of hydrogen-bond acceptors (Lipinski definition) is 8. The normalized spacial score (nSPS) is 16.0. The number of amides is 1. The zero-order valence-electron chi connectivity index (χ0n) is 18.5. The van der Waals surface area contributed by atoms with E-state index in [9.17, 15) is 4.79 Å². The summed E-state index contributed by atoms with van der Waals surface area (Å²) in [5.74, 6) is 1.81. The van der Waals surface area contributed by atoms with Crippen LogP contribution in [0.4, 0.5) is 0 Å². The number of furan rings is 2. The fourth-order valence-electron chi connectivity index (χ4n) is 4.12. The molecule has 4 aromatic heterocycles. The van der Waals surface area contributed by atoms with Gasteiger partial charge < -0.3 is 8.83 Å². The molecule has 5 aromatic rings. The van der Waals surface area contributed by atoms with Crippen LogP contribution in [0.1, 0.15) is 35.4 Å². The predicted molar refractivity (Wildman–Crippen MR) is 127 cm³/mol.